The zero-order valence-corrected chi connectivity index (χ0v) is 13.1. The number of carbonyl (C=O) groups is 3. The van der Waals surface area contributed by atoms with Gasteiger partial charge in [-0.2, -0.15) is 0 Å². The van der Waals surface area contributed by atoms with Crippen LogP contribution in [0.5, 0.6) is 0 Å². The molecule has 1 fully saturated rings. The topological polar surface area (TPSA) is 63.7 Å². The van der Waals surface area contributed by atoms with Gasteiger partial charge in [0, 0.05) is 31.3 Å². The van der Waals surface area contributed by atoms with Gasteiger partial charge in [0.1, 0.15) is 5.82 Å². The van der Waals surface area contributed by atoms with Crippen LogP contribution in [-0.4, -0.2) is 36.4 Å². The van der Waals surface area contributed by atoms with Crippen LogP contribution in [0.4, 0.5) is 10.1 Å². The van der Waals surface area contributed by atoms with E-state index in [0.717, 1.165) is 6.07 Å². The smallest absolute Gasteiger partial charge is 0.340 e. The molecule has 1 aromatic rings. The van der Waals surface area contributed by atoms with Crippen LogP contribution in [-0.2, 0) is 14.3 Å². The molecular formula is C15H16FNO4S. The molecule has 1 unspecified atom stereocenters. The molecule has 1 heterocycles. The lowest BCUT2D eigenvalue weighted by Gasteiger charge is -2.17. The Bertz CT molecular complexity index is 620. The number of methoxy groups -OCH3 is 1. The fourth-order valence-corrected chi connectivity index (χ4v) is 3.02. The van der Waals surface area contributed by atoms with Gasteiger partial charge in [0.05, 0.1) is 12.7 Å². The second-order valence-corrected chi connectivity index (χ2v) is 6.23. The zero-order chi connectivity index (χ0) is 16.3. The number of hydrogen-bond acceptors (Lipinski definition) is 5. The lowest BCUT2D eigenvalue weighted by atomic mass is 10.1. The molecule has 1 atom stereocenters. The summed E-state index contributed by atoms with van der Waals surface area (Å²) in [7, 11) is 1.17. The van der Waals surface area contributed by atoms with Crippen molar-refractivity contribution in [2.45, 2.75) is 13.3 Å². The summed E-state index contributed by atoms with van der Waals surface area (Å²) in [5, 5.41) is 0.0145. The predicted octanol–water partition coefficient (Wildman–Crippen LogP) is 2.24. The predicted molar refractivity (Wildman–Crippen MR) is 81.3 cm³/mol. The molecule has 0 radical (unpaired) electrons. The average Bonchev–Trinajstić information content (AvgIpc) is 2.86. The fourth-order valence-electron chi connectivity index (χ4n) is 2.33. The highest BCUT2D eigenvalue weighted by Crippen LogP contribution is 2.28. The van der Waals surface area contributed by atoms with Gasteiger partial charge in [-0.05, 0) is 24.1 Å². The van der Waals surface area contributed by atoms with Crippen molar-refractivity contribution in [1.29, 1.82) is 0 Å². The summed E-state index contributed by atoms with van der Waals surface area (Å²) >= 11 is 1.19. The van der Waals surface area contributed by atoms with E-state index in [-0.39, 0.29) is 22.5 Å². The Kier molecular flexibility index (Phi) is 5.18. The zero-order valence-electron chi connectivity index (χ0n) is 12.3. The number of halogens is 1. The second-order valence-electron chi connectivity index (χ2n) is 5.03. The van der Waals surface area contributed by atoms with Gasteiger partial charge in [-0.15, -0.1) is 0 Å². The van der Waals surface area contributed by atoms with Gasteiger partial charge in [-0.1, -0.05) is 11.8 Å². The molecule has 0 spiro atoms. The Morgan fingerprint density at radius 2 is 2.18 bits per heavy atom. The van der Waals surface area contributed by atoms with Gasteiger partial charge in [0.2, 0.25) is 5.91 Å². The SMILES string of the molecule is COC(=O)c1cc(N2CC(CSC(C)=O)CC2=O)ccc1F. The van der Waals surface area contributed by atoms with E-state index < -0.39 is 11.8 Å². The standard InChI is InChI=1S/C15H16FNO4S/c1-9(18)22-8-10-5-14(19)17(7-10)11-3-4-13(16)12(6-11)15(20)21-2/h3-4,6,10H,5,7-8H2,1-2H3. The molecule has 0 bridgehead atoms. The Morgan fingerprint density at radius 3 is 2.82 bits per heavy atom. The van der Waals surface area contributed by atoms with Gasteiger partial charge < -0.3 is 9.64 Å². The summed E-state index contributed by atoms with van der Waals surface area (Å²) in [4.78, 5) is 36.1. The molecule has 2 rings (SSSR count). The molecular weight excluding hydrogens is 309 g/mol. The molecule has 118 valence electrons. The van der Waals surface area contributed by atoms with Crippen molar-refractivity contribution in [3.63, 3.8) is 0 Å². The fraction of sp³-hybridized carbons (Fsp3) is 0.400. The number of hydrogen-bond donors (Lipinski definition) is 0. The van der Waals surface area contributed by atoms with E-state index in [1.54, 1.807) is 0 Å². The monoisotopic (exact) mass is 325 g/mol. The third-order valence-electron chi connectivity index (χ3n) is 3.39. The molecule has 0 N–H and O–H groups in total. The first kappa shape index (κ1) is 16.5. The molecule has 1 aromatic carbocycles. The van der Waals surface area contributed by atoms with E-state index >= 15 is 0 Å². The van der Waals surface area contributed by atoms with Crippen LogP contribution in [0.2, 0.25) is 0 Å². The van der Waals surface area contributed by atoms with E-state index in [4.69, 9.17) is 0 Å². The van der Waals surface area contributed by atoms with Crippen molar-refractivity contribution < 1.29 is 23.5 Å². The number of nitrogens with zero attached hydrogens (tertiary/aromatic N) is 1. The van der Waals surface area contributed by atoms with E-state index in [1.165, 1.54) is 42.8 Å². The minimum absolute atomic E-state index is 0.0145. The molecule has 0 aliphatic carbocycles. The number of benzene rings is 1. The Balaban J connectivity index is 2.16. The molecule has 1 aliphatic rings. The van der Waals surface area contributed by atoms with Crippen molar-refractivity contribution in [1.82, 2.24) is 0 Å². The normalized spacial score (nSPS) is 17.7. The summed E-state index contributed by atoms with van der Waals surface area (Å²) in [5.41, 5.74) is 0.261. The third kappa shape index (κ3) is 3.65. The van der Waals surface area contributed by atoms with Crippen molar-refractivity contribution in [2.24, 2.45) is 5.92 Å². The highest BCUT2D eigenvalue weighted by molar-refractivity contribution is 8.13. The minimum Gasteiger partial charge on any atom is -0.465 e. The number of amides is 1. The highest BCUT2D eigenvalue weighted by atomic mass is 32.2. The number of rotatable bonds is 4. The van der Waals surface area contributed by atoms with E-state index in [0.29, 0.717) is 24.4 Å². The van der Waals surface area contributed by atoms with Gasteiger partial charge in [0.25, 0.3) is 0 Å². The largest absolute Gasteiger partial charge is 0.465 e. The lowest BCUT2D eigenvalue weighted by molar-refractivity contribution is -0.117. The van der Waals surface area contributed by atoms with Crippen LogP contribution < -0.4 is 4.90 Å². The first-order valence-corrected chi connectivity index (χ1v) is 7.72. The van der Waals surface area contributed by atoms with Crippen molar-refractivity contribution in [3.05, 3.63) is 29.6 Å². The van der Waals surface area contributed by atoms with Crippen molar-refractivity contribution >= 4 is 34.4 Å². The molecule has 5 nitrogen and oxygen atoms in total. The lowest BCUT2D eigenvalue weighted by Crippen LogP contribution is -2.25. The quantitative estimate of drug-likeness (QED) is 0.795. The third-order valence-corrected chi connectivity index (χ3v) is 4.44. The molecule has 7 heteroatoms. The second kappa shape index (κ2) is 6.91. The van der Waals surface area contributed by atoms with Crippen LogP contribution in [0.15, 0.2) is 18.2 Å². The summed E-state index contributed by atoms with van der Waals surface area (Å²) in [6.45, 7) is 1.94. The maximum Gasteiger partial charge on any atom is 0.340 e. The maximum atomic E-state index is 13.6. The number of carbonyl (C=O) groups excluding carboxylic acids is 3. The Labute approximate surface area is 131 Å². The summed E-state index contributed by atoms with van der Waals surface area (Å²) in [6, 6.07) is 3.92. The minimum atomic E-state index is -0.783. The van der Waals surface area contributed by atoms with Gasteiger partial charge >= 0.3 is 5.97 Å². The Morgan fingerprint density at radius 1 is 1.45 bits per heavy atom. The number of ether oxygens (including phenoxy) is 1. The summed E-state index contributed by atoms with van der Waals surface area (Å²) in [5.74, 6) is -0.937. The average molecular weight is 325 g/mol. The van der Waals surface area contributed by atoms with Crippen LogP contribution >= 0.6 is 11.8 Å². The van der Waals surface area contributed by atoms with Crippen LogP contribution in [0.3, 0.4) is 0 Å². The molecule has 22 heavy (non-hydrogen) atoms. The number of esters is 1. The van der Waals surface area contributed by atoms with Crippen LogP contribution in [0, 0.1) is 11.7 Å². The van der Waals surface area contributed by atoms with Crippen molar-refractivity contribution in [3.8, 4) is 0 Å². The number of thioether (sulfide) groups is 1. The van der Waals surface area contributed by atoms with E-state index in [2.05, 4.69) is 4.74 Å². The Hall–Kier alpha value is -1.89. The maximum absolute atomic E-state index is 13.6. The molecule has 0 aromatic heterocycles. The summed E-state index contributed by atoms with van der Waals surface area (Å²) < 4.78 is 18.2. The molecule has 1 saturated heterocycles. The summed E-state index contributed by atoms with van der Waals surface area (Å²) in [6.07, 6.45) is 0.339. The van der Waals surface area contributed by atoms with Crippen LogP contribution in [0.1, 0.15) is 23.7 Å². The van der Waals surface area contributed by atoms with Gasteiger partial charge in [-0.25, -0.2) is 9.18 Å². The van der Waals surface area contributed by atoms with Crippen LogP contribution in [0.25, 0.3) is 0 Å². The first-order valence-electron chi connectivity index (χ1n) is 6.74. The van der Waals surface area contributed by atoms with Crippen molar-refractivity contribution in [2.75, 3.05) is 24.3 Å². The highest BCUT2D eigenvalue weighted by Gasteiger charge is 2.31. The van der Waals surface area contributed by atoms with E-state index in [9.17, 15) is 18.8 Å². The molecule has 0 saturated carbocycles. The molecule has 1 aliphatic heterocycles. The number of anilines is 1. The van der Waals surface area contributed by atoms with Gasteiger partial charge in [-0.3, -0.25) is 9.59 Å². The van der Waals surface area contributed by atoms with E-state index in [1.807, 2.05) is 0 Å². The van der Waals surface area contributed by atoms with Gasteiger partial charge in [0.15, 0.2) is 5.12 Å². The molecule has 1 amide bonds. The first-order chi connectivity index (χ1) is 10.4.